The zero-order chi connectivity index (χ0) is 15.9. The Hall–Kier alpha value is -2.70. The van der Waals surface area contributed by atoms with Crippen LogP contribution in [0.4, 0.5) is 10.5 Å². The summed E-state index contributed by atoms with van der Waals surface area (Å²) in [5.74, 6) is 0. The normalized spacial score (nSPS) is 11.8. The molecule has 0 unspecified atom stereocenters. The van der Waals surface area contributed by atoms with E-state index in [0.717, 1.165) is 0 Å². The first kappa shape index (κ1) is 16.4. The minimum absolute atomic E-state index is 0.00208. The van der Waals surface area contributed by atoms with Crippen molar-refractivity contribution in [1.82, 2.24) is 5.43 Å². The molecule has 7 nitrogen and oxygen atoms in total. The van der Waals surface area contributed by atoms with Crippen molar-refractivity contribution in [3.8, 4) is 0 Å². The number of para-hydroxylation sites is 1. The zero-order valence-corrected chi connectivity index (χ0v) is 12.1. The summed E-state index contributed by atoms with van der Waals surface area (Å²) in [6.07, 6.45) is 3.65. The number of nitro groups is 1. The predicted octanol–water partition coefficient (Wildman–Crippen LogP) is 3.12. The first-order valence-electron chi connectivity index (χ1n) is 6.22. The molecule has 1 N–H and O–H groups in total. The standard InChI is InChI=1S/C14H17N3O4/c1-14(2,3)21-13(18)16-15-10-6-8-11-7-4-5-9-12(11)17(19)20/h4-10H,1-3H3,(H,16,18). The van der Waals surface area contributed by atoms with Gasteiger partial charge in [0.25, 0.3) is 5.69 Å². The van der Waals surface area contributed by atoms with E-state index >= 15 is 0 Å². The van der Waals surface area contributed by atoms with Gasteiger partial charge in [0, 0.05) is 12.3 Å². The highest BCUT2D eigenvalue weighted by molar-refractivity contribution is 5.81. The van der Waals surface area contributed by atoms with Crippen molar-refractivity contribution in [2.45, 2.75) is 26.4 Å². The van der Waals surface area contributed by atoms with Crippen LogP contribution in [-0.2, 0) is 4.74 Å². The molecule has 0 fully saturated rings. The minimum atomic E-state index is -0.669. The molecule has 112 valence electrons. The van der Waals surface area contributed by atoms with E-state index in [2.05, 4.69) is 10.5 Å². The molecule has 0 aliphatic rings. The number of hydrogen-bond donors (Lipinski definition) is 1. The van der Waals surface area contributed by atoms with Gasteiger partial charge in [0.05, 0.1) is 10.5 Å². The number of allylic oxidation sites excluding steroid dienone is 1. The number of ether oxygens (including phenoxy) is 1. The molecule has 0 heterocycles. The van der Waals surface area contributed by atoms with Gasteiger partial charge >= 0.3 is 6.09 Å². The summed E-state index contributed by atoms with van der Waals surface area (Å²) in [6, 6.07) is 6.32. The number of hydrogen-bond acceptors (Lipinski definition) is 5. The summed E-state index contributed by atoms with van der Waals surface area (Å²) in [5, 5.41) is 14.4. The van der Waals surface area contributed by atoms with Crippen LogP contribution in [0.3, 0.4) is 0 Å². The van der Waals surface area contributed by atoms with Crippen LogP contribution in [0, 0.1) is 10.1 Å². The number of nitro benzene ring substituents is 1. The van der Waals surface area contributed by atoms with E-state index in [9.17, 15) is 14.9 Å². The molecule has 1 aromatic carbocycles. The Kier molecular flexibility index (Phi) is 5.59. The molecule has 1 amide bonds. The largest absolute Gasteiger partial charge is 0.443 e. The molecule has 1 aromatic rings. The fraction of sp³-hybridized carbons (Fsp3) is 0.286. The lowest BCUT2D eigenvalue weighted by atomic mass is 10.2. The highest BCUT2D eigenvalue weighted by Crippen LogP contribution is 2.18. The highest BCUT2D eigenvalue weighted by atomic mass is 16.6. The minimum Gasteiger partial charge on any atom is -0.443 e. The number of carbonyl (C=O) groups is 1. The van der Waals surface area contributed by atoms with Gasteiger partial charge in [-0.2, -0.15) is 5.10 Å². The number of nitrogens with zero attached hydrogens (tertiary/aromatic N) is 2. The van der Waals surface area contributed by atoms with E-state index in [1.807, 2.05) is 0 Å². The van der Waals surface area contributed by atoms with E-state index in [-0.39, 0.29) is 5.69 Å². The van der Waals surface area contributed by atoms with Crippen LogP contribution in [0.2, 0.25) is 0 Å². The maximum Gasteiger partial charge on any atom is 0.428 e. The monoisotopic (exact) mass is 291 g/mol. The molecule has 0 saturated heterocycles. The fourth-order valence-electron chi connectivity index (χ4n) is 1.38. The summed E-state index contributed by atoms with van der Waals surface area (Å²) in [6.45, 7) is 5.22. The number of rotatable bonds is 4. The third-order valence-electron chi connectivity index (χ3n) is 2.12. The molecule has 0 radical (unpaired) electrons. The number of hydrazone groups is 1. The molecule has 0 aromatic heterocycles. The molecule has 1 rings (SSSR count). The van der Waals surface area contributed by atoms with Crippen LogP contribution in [0.15, 0.2) is 35.4 Å². The van der Waals surface area contributed by atoms with Gasteiger partial charge in [-0.1, -0.05) is 12.1 Å². The number of amides is 1. The van der Waals surface area contributed by atoms with Gasteiger partial charge in [-0.15, -0.1) is 0 Å². The Labute approximate surface area is 122 Å². The van der Waals surface area contributed by atoms with Crippen molar-refractivity contribution in [2.75, 3.05) is 0 Å². The quantitative estimate of drug-likeness (QED) is 0.524. The molecule has 0 aliphatic carbocycles. The lowest BCUT2D eigenvalue weighted by molar-refractivity contribution is -0.385. The van der Waals surface area contributed by atoms with Crippen LogP contribution in [0.1, 0.15) is 26.3 Å². The van der Waals surface area contributed by atoms with Gasteiger partial charge < -0.3 is 4.74 Å². The molecule has 7 heteroatoms. The van der Waals surface area contributed by atoms with Crippen molar-refractivity contribution >= 4 is 24.1 Å². The Morgan fingerprint density at radius 1 is 1.38 bits per heavy atom. The average Bonchev–Trinajstić information content (AvgIpc) is 2.36. The van der Waals surface area contributed by atoms with Crippen molar-refractivity contribution in [1.29, 1.82) is 0 Å². The summed E-state index contributed by atoms with van der Waals surface area (Å²) in [4.78, 5) is 21.6. The molecule has 21 heavy (non-hydrogen) atoms. The predicted molar refractivity (Wildman–Crippen MR) is 80.0 cm³/mol. The fourth-order valence-corrected chi connectivity index (χ4v) is 1.38. The highest BCUT2D eigenvalue weighted by Gasteiger charge is 2.15. The van der Waals surface area contributed by atoms with E-state index in [1.165, 1.54) is 24.4 Å². The van der Waals surface area contributed by atoms with Crippen molar-refractivity contribution in [3.63, 3.8) is 0 Å². The molecule has 0 aliphatic heterocycles. The molecular formula is C14H17N3O4. The maximum absolute atomic E-state index is 11.3. The number of benzene rings is 1. The number of nitrogens with one attached hydrogen (secondary N) is 1. The first-order valence-corrected chi connectivity index (χ1v) is 6.22. The third-order valence-corrected chi connectivity index (χ3v) is 2.12. The SMILES string of the molecule is CC(C)(C)OC(=O)NN=CC=Cc1ccccc1[N+](=O)[O-]. The first-order chi connectivity index (χ1) is 9.79. The van der Waals surface area contributed by atoms with Gasteiger partial charge in [-0.25, -0.2) is 10.2 Å². The molecular weight excluding hydrogens is 274 g/mol. The maximum atomic E-state index is 11.3. The molecule has 0 bridgehead atoms. The van der Waals surface area contributed by atoms with Gasteiger partial charge in [-0.3, -0.25) is 10.1 Å². The van der Waals surface area contributed by atoms with Crippen LogP contribution >= 0.6 is 0 Å². The van der Waals surface area contributed by atoms with Crippen molar-refractivity contribution in [2.24, 2.45) is 5.10 Å². The number of carbonyl (C=O) groups excluding carboxylic acids is 1. The lowest BCUT2D eigenvalue weighted by Crippen LogP contribution is -2.29. The third kappa shape index (κ3) is 6.33. The summed E-state index contributed by atoms with van der Waals surface area (Å²) in [5.41, 5.74) is 2.04. The topological polar surface area (TPSA) is 93.8 Å². The van der Waals surface area contributed by atoms with Gasteiger partial charge in [0.2, 0.25) is 0 Å². The van der Waals surface area contributed by atoms with E-state index < -0.39 is 16.6 Å². The summed E-state index contributed by atoms with van der Waals surface area (Å²) >= 11 is 0. The van der Waals surface area contributed by atoms with E-state index in [0.29, 0.717) is 5.56 Å². The lowest BCUT2D eigenvalue weighted by Gasteiger charge is -2.18. The summed E-state index contributed by atoms with van der Waals surface area (Å²) < 4.78 is 4.98. The second-order valence-corrected chi connectivity index (χ2v) is 5.07. The van der Waals surface area contributed by atoms with E-state index in [1.54, 1.807) is 39.0 Å². The molecule has 0 spiro atoms. The van der Waals surface area contributed by atoms with E-state index in [4.69, 9.17) is 4.74 Å². The zero-order valence-electron chi connectivity index (χ0n) is 12.1. The Balaban J connectivity index is 2.57. The second-order valence-electron chi connectivity index (χ2n) is 5.07. The van der Waals surface area contributed by atoms with Gasteiger partial charge in [-0.05, 0) is 39.0 Å². The van der Waals surface area contributed by atoms with Gasteiger partial charge in [0.1, 0.15) is 5.60 Å². The Bertz CT molecular complexity index is 574. The van der Waals surface area contributed by atoms with Crippen LogP contribution in [0.5, 0.6) is 0 Å². The summed E-state index contributed by atoms with van der Waals surface area (Å²) in [7, 11) is 0. The van der Waals surface area contributed by atoms with Gasteiger partial charge in [0.15, 0.2) is 0 Å². The van der Waals surface area contributed by atoms with Crippen molar-refractivity contribution in [3.05, 3.63) is 46.0 Å². The van der Waals surface area contributed by atoms with Crippen molar-refractivity contribution < 1.29 is 14.5 Å². The van der Waals surface area contributed by atoms with Crippen LogP contribution < -0.4 is 5.43 Å². The molecule has 0 saturated carbocycles. The average molecular weight is 291 g/mol. The Morgan fingerprint density at radius 3 is 2.67 bits per heavy atom. The smallest absolute Gasteiger partial charge is 0.428 e. The molecule has 0 atom stereocenters. The second kappa shape index (κ2) is 7.18. The van der Waals surface area contributed by atoms with Crippen LogP contribution in [0.25, 0.3) is 6.08 Å². The van der Waals surface area contributed by atoms with Crippen LogP contribution in [-0.4, -0.2) is 22.8 Å². The Morgan fingerprint density at radius 2 is 2.05 bits per heavy atom.